The lowest BCUT2D eigenvalue weighted by molar-refractivity contribution is 0.0886. The van der Waals surface area contributed by atoms with E-state index in [1.54, 1.807) is 32.0 Å². The molecule has 0 aromatic heterocycles. The molecule has 0 spiro atoms. The van der Waals surface area contributed by atoms with Gasteiger partial charge in [-0.25, -0.2) is 0 Å². The Bertz CT molecular complexity index is 418. The molecule has 1 aromatic carbocycles. The van der Waals surface area contributed by atoms with Crippen molar-refractivity contribution in [1.82, 2.24) is 0 Å². The van der Waals surface area contributed by atoms with E-state index in [1.807, 2.05) is 11.9 Å². The van der Waals surface area contributed by atoms with Gasteiger partial charge in [-0.15, -0.1) is 0 Å². The average Bonchev–Trinajstić information content (AvgIpc) is 2.15. The quantitative estimate of drug-likeness (QED) is 0.880. The summed E-state index contributed by atoms with van der Waals surface area (Å²) < 4.78 is 0. The molecule has 0 saturated heterocycles. The van der Waals surface area contributed by atoms with Gasteiger partial charge in [-0.05, 0) is 32.0 Å². The van der Waals surface area contributed by atoms with Gasteiger partial charge in [-0.2, -0.15) is 5.26 Å². The number of anilines is 1. The van der Waals surface area contributed by atoms with Gasteiger partial charge < -0.3 is 10.0 Å². The van der Waals surface area contributed by atoms with E-state index in [2.05, 4.69) is 6.07 Å². The summed E-state index contributed by atoms with van der Waals surface area (Å²) in [5, 5.41) is 19.3. The van der Waals surface area contributed by atoms with E-state index in [-0.39, 0.29) is 0 Å². The first-order valence-electron chi connectivity index (χ1n) is 4.96. The largest absolute Gasteiger partial charge is 0.389 e. The second kappa shape index (κ2) is 4.73. The summed E-state index contributed by atoms with van der Waals surface area (Å²) in [6, 6.07) is 7.20. The third-order valence-electron chi connectivity index (χ3n) is 2.12. The van der Waals surface area contributed by atoms with E-state index in [4.69, 9.17) is 16.9 Å². The average molecular weight is 239 g/mol. The molecule has 0 bridgehead atoms. The number of nitriles is 1. The normalized spacial score (nSPS) is 11.0. The maximum absolute atomic E-state index is 9.72. The molecule has 1 N–H and O–H groups in total. The lowest BCUT2D eigenvalue weighted by Crippen LogP contribution is -2.36. The van der Waals surface area contributed by atoms with Gasteiger partial charge >= 0.3 is 0 Å². The molecule has 0 amide bonds. The van der Waals surface area contributed by atoms with Crippen LogP contribution in [0, 0.1) is 11.3 Å². The van der Waals surface area contributed by atoms with E-state index in [1.165, 1.54) is 0 Å². The maximum atomic E-state index is 9.72. The summed E-state index contributed by atoms with van der Waals surface area (Å²) in [5.41, 5.74) is 0.470. The van der Waals surface area contributed by atoms with Crippen molar-refractivity contribution in [2.75, 3.05) is 18.5 Å². The Morgan fingerprint density at radius 2 is 2.12 bits per heavy atom. The first-order chi connectivity index (χ1) is 7.33. The molecule has 86 valence electrons. The van der Waals surface area contributed by atoms with Crippen LogP contribution in [0.15, 0.2) is 18.2 Å². The Morgan fingerprint density at radius 3 is 2.62 bits per heavy atom. The predicted octanol–water partition coefficient (Wildman–Crippen LogP) is 2.42. The van der Waals surface area contributed by atoms with E-state index in [0.717, 1.165) is 5.69 Å². The van der Waals surface area contributed by atoms with E-state index < -0.39 is 5.60 Å². The van der Waals surface area contributed by atoms with Crippen molar-refractivity contribution in [3.63, 3.8) is 0 Å². The summed E-state index contributed by atoms with van der Waals surface area (Å²) in [6.07, 6.45) is 0. The van der Waals surface area contributed by atoms with E-state index >= 15 is 0 Å². The highest BCUT2D eigenvalue weighted by Crippen LogP contribution is 2.24. The highest BCUT2D eigenvalue weighted by atomic mass is 35.5. The molecule has 0 aliphatic carbocycles. The molecule has 0 fully saturated rings. The van der Waals surface area contributed by atoms with Crippen LogP contribution >= 0.6 is 11.6 Å². The number of aliphatic hydroxyl groups is 1. The second-order valence-corrected chi connectivity index (χ2v) is 4.88. The molecular formula is C12H15ClN2O. The maximum Gasteiger partial charge on any atom is 0.101 e. The molecule has 3 nitrogen and oxygen atoms in total. The molecule has 0 atom stereocenters. The number of likely N-dealkylation sites (N-methyl/N-ethyl adjacent to an activating group) is 1. The van der Waals surface area contributed by atoms with Gasteiger partial charge in [0.2, 0.25) is 0 Å². The van der Waals surface area contributed by atoms with Crippen LogP contribution in [0.2, 0.25) is 5.02 Å². The topological polar surface area (TPSA) is 47.3 Å². The molecule has 0 saturated carbocycles. The third-order valence-corrected chi connectivity index (χ3v) is 2.35. The van der Waals surface area contributed by atoms with E-state index in [0.29, 0.717) is 17.1 Å². The van der Waals surface area contributed by atoms with Crippen molar-refractivity contribution in [3.8, 4) is 6.07 Å². The Hall–Kier alpha value is -1.24. The van der Waals surface area contributed by atoms with Crippen molar-refractivity contribution in [1.29, 1.82) is 5.26 Å². The minimum absolute atomic E-state index is 0.433. The molecule has 0 aliphatic heterocycles. The molecule has 0 unspecified atom stereocenters. The SMILES string of the molecule is CN(CC(C)(C)O)c1cc(Cl)ccc1C#N. The van der Waals surface area contributed by atoms with Crippen LogP contribution in [-0.2, 0) is 0 Å². The lowest BCUT2D eigenvalue weighted by Gasteiger charge is -2.27. The monoisotopic (exact) mass is 238 g/mol. The fourth-order valence-electron chi connectivity index (χ4n) is 1.58. The van der Waals surface area contributed by atoms with Crippen LogP contribution in [0.4, 0.5) is 5.69 Å². The lowest BCUT2D eigenvalue weighted by atomic mass is 10.1. The van der Waals surface area contributed by atoms with Gasteiger partial charge in [-0.1, -0.05) is 11.6 Å². The minimum Gasteiger partial charge on any atom is -0.389 e. The Kier molecular flexibility index (Phi) is 3.79. The van der Waals surface area contributed by atoms with Crippen LogP contribution < -0.4 is 4.90 Å². The zero-order valence-corrected chi connectivity index (χ0v) is 10.4. The van der Waals surface area contributed by atoms with Crippen LogP contribution in [-0.4, -0.2) is 24.3 Å². The van der Waals surface area contributed by atoms with Crippen molar-refractivity contribution in [2.24, 2.45) is 0 Å². The standard InChI is InChI=1S/C12H15ClN2O/c1-12(2,16)8-15(3)11-6-10(13)5-4-9(11)7-14/h4-6,16H,8H2,1-3H3. The molecular weight excluding hydrogens is 224 g/mol. The van der Waals surface area contributed by atoms with Gasteiger partial charge in [0, 0.05) is 18.6 Å². The molecule has 16 heavy (non-hydrogen) atoms. The van der Waals surface area contributed by atoms with Crippen LogP contribution in [0.3, 0.4) is 0 Å². The number of hydrogen-bond acceptors (Lipinski definition) is 3. The number of halogens is 1. The number of hydrogen-bond donors (Lipinski definition) is 1. The van der Waals surface area contributed by atoms with Gasteiger partial charge in [0.05, 0.1) is 16.9 Å². The number of nitrogens with zero attached hydrogens (tertiary/aromatic N) is 2. The Balaban J connectivity index is 3.03. The highest BCUT2D eigenvalue weighted by molar-refractivity contribution is 6.30. The third kappa shape index (κ3) is 3.41. The summed E-state index contributed by atoms with van der Waals surface area (Å²) >= 11 is 5.89. The molecule has 0 radical (unpaired) electrons. The van der Waals surface area contributed by atoms with Crippen molar-refractivity contribution >= 4 is 17.3 Å². The van der Waals surface area contributed by atoms with Gasteiger partial charge in [0.25, 0.3) is 0 Å². The number of rotatable bonds is 3. The minimum atomic E-state index is -0.816. The smallest absolute Gasteiger partial charge is 0.101 e. The first-order valence-corrected chi connectivity index (χ1v) is 5.34. The first kappa shape index (κ1) is 12.8. The molecule has 0 aliphatic rings. The van der Waals surface area contributed by atoms with Crippen molar-refractivity contribution < 1.29 is 5.11 Å². The van der Waals surface area contributed by atoms with Gasteiger partial charge in [0.15, 0.2) is 0 Å². The molecule has 4 heteroatoms. The van der Waals surface area contributed by atoms with Gasteiger partial charge in [0.1, 0.15) is 6.07 Å². The molecule has 1 rings (SSSR count). The molecule has 0 heterocycles. The summed E-state index contributed by atoms with van der Waals surface area (Å²) in [6.45, 7) is 3.88. The highest BCUT2D eigenvalue weighted by Gasteiger charge is 2.17. The zero-order valence-electron chi connectivity index (χ0n) is 9.66. The van der Waals surface area contributed by atoms with Crippen molar-refractivity contribution in [3.05, 3.63) is 28.8 Å². The van der Waals surface area contributed by atoms with Crippen LogP contribution in [0.5, 0.6) is 0 Å². The zero-order chi connectivity index (χ0) is 12.3. The Morgan fingerprint density at radius 1 is 1.50 bits per heavy atom. The Labute approximate surface area is 101 Å². The fourth-order valence-corrected chi connectivity index (χ4v) is 1.75. The predicted molar refractivity (Wildman–Crippen MR) is 65.7 cm³/mol. The van der Waals surface area contributed by atoms with Crippen molar-refractivity contribution in [2.45, 2.75) is 19.4 Å². The fraction of sp³-hybridized carbons (Fsp3) is 0.417. The van der Waals surface area contributed by atoms with Gasteiger partial charge in [-0.3, -0.25) is 0 Å². The summed E-state index contributed by atoms with van der Waals surface area (Å²) in [7, 11) is 1.82. The summed E-state index contributed by atoms with van der Waals surface area (Å²) in [5.74, 6) is 0. The summed E-state index contributed by atoms with van der Waals surface area (Å²) in [4.78, 5) is 1.82. The molecule has 1 aromatic rings. The second-order valence-electron chi connectivity index (χ2n) is 4.44. The van der Waals surface area contributed by atoms with Crippen LogP contribution in [0.1, 0.15) is 19.4 Å². The van der Waals surface area contributed by atoms with Crippen LogP contribution in [0.25, 0.3) is 0 Å². The number of benzene rings is 1. The van der Waals surface area contributed by atoms with E-state index in [9.17, 15) is 5.11 Å².